The number of fused-ring (bicyclic) bond motifs is 1. The normalized spacial score (nSPS) is 16.2. The number of anilines is 2. The molecule has 1 amide bonds. The quantitative estimate of drug-likeness (QED) is 0.807. The zero-order valence-electron chi connectivity index (χ0n) is 10.8. The van der Waals surface area contributed by atoms with E-state index >= 15 is 0 Å². The third-order valence-corrected chi connectivity index (χ3v) is 2.78. The van der Waals surface area contributed by atoms with Gasteiger partial charge in [0.05, 0.1) is 11.4 Å². The second-order valence-electron chi connectivity index (χ2n) is 5.73. The Labute approximate surface area is 103 Å². The number of nitrogens with zero attached hydrogens (tertiary/aromatic N) is 1. The van der Waals surface area contributed by atoms with E-state index in [1.165, 1.54) is 0 Å². The second kappa shape index (κ2) is 4.40. The summed E-state index contributed by atoms with van der Waals surface area (Å²) in [5, 5.41) is 3.31. The van der Waals surface area contributed by atoms with Crippen LogP contribution in [0.4, 0.5) is 11.4 Å². The van der Waals surface area contributed by atoms with Gasteiger partial charge >= 0.3 is 0 Å². The number of carbonyl (C=O) groups excluding carboxylic acids is 1. The lowest BCUT2D eigenvalue weighted by atomic mass is 9.95. The number of para-hydroxylation sites is 2. The molecule has 0 fully saturated rings. The van der Waals surface area contributed by atoms with Gasteiger partial charge in [-0.3, -0.25) is 4.79 Å². The molecular formula is C14H20N2O. The van der Waals surface area contributed by atoms with Crippen LogP contribution in [0.5, 0.6) is 0 Å². The monoisotopic (exact) mass is 232 g/mol. The van der Waals surface area contributed by atoms with Crippen LogP contribution in [-0.2, 0) is 4.79 Å². The zero-order valence-corrected chi connectivity index (χ0v) is 10.8. The highest BCUT2D eigenvalue weighted by Crippen LogP contribution is 2.31. The van der Waals surface area contributed by atoms with E-state index in [2.05, 4.69) is 26.1 Å². The van der Waals surface area contributed by atoms with E-state index in [-0.39, 0.29) is 11.3 Å². The molecule has 0 saturated heterocycles. The first-order chi connectivity index (χ1) is 7.97. The summed E-state index contributed by atoms with van der Waals surface area (Å²) in [4.78, 5) is 14.1. The number of carbonyl (C=O) groups is 1. The number of rotatable bonds is 1. The predicted molar refractivity (Wildman–Crippen MR) is 71.4 cm³/mol. The van der Waals surface area contributed by atoms with Crippen LogP contribution in [0.25, 0.3) is 0 Å². The molecular weight excluding hydrogens is 212 g/mol. The summed E-state index contributed by atoms with van der Waals surface area (Å²) in [5.74, 6) is 0.206. The molecule has 1 aromatic rings. The molecule has 0 saturated carbocycles. The molecule has 1 aliphatic heterocycles. The fraction of sp³-hybridized carbons (Fsp3) is 0.500. The summed E-state index contributed by atoms with van der Waals surface area (Å²) >= 11 is 0. The molecule has 1 aromatic carbocycles. The molecule has 1 aliphatic rings. The SMILES string of the molecule is CC(C)(C)CN1C(=O)CCNc2ccccc21. The molecule has 0 radical (unpaired) electrons. The first kappa shape index (κ1) is 12.0. The second-order valence-corrected chi connectivity index (χ2v) is 5.73. The average Bonchev–Trinajstić information content (AvgIpc) is 2.38. The van der Waals surface area contributed by atoms with Gasteiger partial charge < -0.3 is 10.2 Å². The van der Waals surface area contributed by atoms with E-state index in [9.17, 15) is 4.79 Å². The molecule has 0 unspecified atom stereocenters. The Bertz CT molecular complexity index is 420. The van der Waals surface area contributed by atoms with Crippen LogP contribution in [0, 0.1) is 5.41 Å². The number of amides is 1. The molecule has 92 valence electrons. The summed E-state index contributed by atoms with van der Waals surface area (Å²) < 4.78 is 0. The Kier molecular flexibility index (Phi) is 3.09. The molecule has 0 aliphatic carbocycles. The third-order valence-electron chi connectivity index (χ3n) is 2.78. The van der Waals surface area contributed by atoms with Gasteiger partial charge in [0, 0.05) is 19.5 Å². The van der Waals surface area contributed by atoms with Crippen LogP contribution in [0.2, 0.25) is 0 Å². The minimum absolute atomic E-state index is 0.104. The lowest BCUT2D eigenvalue weighted by molar-refractivity contribution is -0.118. The Balaban J connectivity index is 2.37. The maximum atomic E-state index is 12.1. The molecule has 0 spiro atoms. The van der Waals surface area contributed by atoms with Crippen LogP contribution in [0.3, 0.4) is 0 Å². The Hall–Kier alpha value is -1.51. The zero-order chi connectivity index (χ0) is 12.5. The van der Waals surface area contributed by atoms with E-state index in [0.717, 1.165) is 24.5 Å². The van der Waals surface area contributed by atoms with Gasteiger partial charge in [0.2, 0.25) is 5.91 Å². The van der Waals surface area contributed by atoms with Crippen molar-refractivity contribution in [1.29, 1.82) is 0 Å². The topological polar surface area (TPSA) is 32.3 Å². The van der Waals surface area contributed by atoms with E-state index in [1.54, 1.807) is 0 Å². The lowest BCUT2D eigenvalue weighted by Crippen LogP contribution is -2.37. The number of hydrogen-bond donors (Lipinski definition) is 1. The summed E-state index contributed by atoms with van der Waals surface area (Å²) in [6, 6.07) is 8.02. The van der Waals surface area contributed by atoms with Gasteiger partial charge in [0.25, 0.3) is 0 Å². The molecule has 17 heavy (non-hydrogen) atoms. The standard InChI is InChI=1S/C14H20N2O/c1-14(2,3)10-16-12-7-5-4-6-11(12)15-9-8-13(16)17/h4-7,15H,8-10H2,1-3H3. The average molecular weight is 232 g/mol. The number of nitrogens with one attached hydrogen (secondary N) is 1. The Morgan fingerprint density at radius 1 is 1.29 bits per heavy atom. The first-order valence-corrected chi connectivity index (χ1v) is 6.11. The summed E-state index contributed by atoms with van der Waals surface area (Å²) in [6.07, 6.45) is 0.560. The van der Waals surface area contributed by atoms with Crippen LogP contribution < -0.4 is 10.2 Å². The number of benzene rings is 1. The highest BCUT2D eigenvalue weighted by Gasteiger charge is 2.25. The van der Waals surface area contributed by atoms with Crippen molar-refractivity contribution in [3.05, 3.63) is 24.3 Å². The van der Waals surface area contributed by atoms with Gasteiger partial charge in [0.15, 0.2) is 0 Å². The highest BCUT2D eigenvalue weighted by atomic mass is 16.2. The highest BCUT2D eigenvalue weighted by molar-refractivity contribution is 5.98. The molecule has 1 heterocycles. The summed E-state index contributed by atoms with van der Waals surface area (Å²) in [6.45, 7) is 7.94. The van der Waals surface area contributed by atoms with Crippen molar-refractivity contribution in [2.24, 2.45) is 5.41 Å². The van der Waals surface area contributed by atoms with E-state index in [0.29, 0.717) is 6.42 Å². The van der Waals surface area contributed by atoms with Crippen molar-refractivity contribution in [2.45, 2.75) is 27.2 Å². The Morgan fingerprint density at radius 2 is 2.00 bits per heavy atom. The molecule has 3 heteroatoms. The third kappa shape index (κ3) is 2.78. The molecule has 1 N–H and O–H groups in total. The van der Waals surface area contributed by atoms with Crippen LogP contribution >= 0.6 is 0 Å². The van der Waals surface area contributed by atoms with Gasteiger partial charge in [-0.1, -0.05) is 32.9 Å². The number of hydrogen-bond acceptors (Lipinski definition) is 2. The lowest BCUT2D eigenvalue weighted by Gasteiger charge is -2.29. The van der Waals surface area contributed by atoms with Gasteiger partial charge in [0.1, 0.15) is 0 Å². The van der Waals surface area contributed by atoms with Crippen LogP contribution in [0.1, 0.15) is 27.2 Å². The Morgan fingerprint density at radius 3 is 2.71 bits per heavy atom. The van der Waals surface area contributed by atoms with Gasteiger partial charge in [-0.2, -0.15) is 0 Å². The summed E-state index contributed by atoms with van der Waals surface area (Å²) in [7, 11) is 0. The van der Waals surface area contributed by atoms with Gasteiger partial charge in [-0.15, -0.1) is 0 Å². The minimum atomic E-state index is 0.104. The maximum absolute atomic E-state index is 12.1. The van der Waals surface area contributed by atoms with Crippen molar-refractivity contribution >= 4 is 17.3 Å². The molecule has 0 bridgehead atoms. The predicted octanol–water partition coefficient (Wildman–Crippen LogP) is 2.88. The summed E-state index contributed by atoms with van der Waals surface area (Å²) in [5.41, 5.74) is 2.17. The van der Waals surface area contributed by atoms with Crippen molar-refractivity contribution in [3.8, 4) is 0 Å². The van der Waals surface area contributed by atoms with E-state index in [4.69, 9.17) is 0 Å². The van der Waals surface area contributed by atoms with Crippen molar-refractivity contribution in [3.63, 3.8) is 0 Å². The van der Waals surface area contributed by atoms with E-state index < -0.39 is 0 Å². The van der Waals surface area contributed by atoms with E-state index in [1.807, 2.05) is 29.2 Å². The van der Waals surface area contributed by atoms with Crippen molar-refractivity contribution < 1.29 is 4.79 Å². The molecule has 3 nitrogen and oxygen atoms in total. The fourth-order valence-electron chi connectivity index (χ4n) is 2.08. The van der Waals surface area contributed by atoms with Gasteiger partial charge in [-0.05, 0) is 17.5 Å². The largest absolute Gasteiger partial charge is 0.383 e. The first-order valence-electron chi connectivity index (χ1n) is 6.11. The smallest absolute Gasteiger partial charge is 0.228 e. The van der Waals surface area contributed by atoms with Crippen molar-refractivity contribution in [2.75, 3.05) is 23.3 Å². The van der Waals surface area contributed by atoms with Gasteiger partial charge in [-0.25, -0.2) is 0 Å². The minimum Gasteiger partial charge on any atom is -0.383 e. The van der Waals surface area contributed by atoms with Crippen molar-refractivity contribution in [1.82, 2.24) is 0 Å². The molecule has 0 aromatic heterocycles. The molecule has 2 rings (SSSR count). The molecule has 0 atom stereocenters. The van der Waals surface area contributed by atoms with Crippen LogP contribution in [0.15, 0.2) is 24.3 Å². The maximum Gasteiger partial charge on any atom is 0.228 e. The fourth-order valence-corrected chi connectivity index (χ4v) is 2.08. The van der Waals surface area contributed by atoms with Crippen LogP contribution in [-0.4, -0.2) is 19.0 Å².